The van der Waals surface area contributed by atoms with Crippen molar-refractivity contribution in [3.05, 3.63) is 12.3 Å². The van der Waals surface area contributed by atoms with Gasteiger partial charge in [-0.15, -0.1) is 0 Å². The van der Waals surface area contributed by atoms with Crippen molar-refractivity contribution in [2.45, 2.75) is 0 Å². The summed E-state index contributed by atoms with van der Waals surface area (Å²) in [4.78, 5) is 29.6. The minimum Gasteiger partial charge on any atom is -0.378 e. The lowest BCUT2D eigenvalue weighted by atomic mass is 10.3. The Bertz CT molecular complexity index is 553. The molecule has 0 N–H and O–H groups in total. The van der Waals surface area contributed by atoms with Gasteiger partial charge in [0.25, 0.3) is 0 Å². The summed E-state index contributed by atoms with van der Waals surface area (Å²) in [5.74, 6) is 1.88. The fraction of sp³-hybridized carbons (Fsp3) is 0.688. The molecule has 1 aromatic rings. The zero-order valence-corrected chi connectivity index (χ0v) is 14.5. The molecule has 0 atom stereocenters. The van der Waals surface area contributed by atoms with Crippen molar-refractivity contribution in [2.75, 3.05) is 82.9 Å². The third-order valence-electron chi connectivity index (χ3n) is 4.46. The van der Waals surface area contributed by atoms with Gasteiger partial charge in [-0.25, -0.2) is 4.98 Å². The zero-order chi connectivity index (χ0) is 16.9. The van der Waals surface area contributed by atoms with E-state index in [0.29, 0.717) is 32.8 Å². The lowest BCUT2D eigenvalue weighted by Crippen LogP contribution is -2.51. The number of carbonyl (C=O) groups is 1. The number of hydrogen-bond donors (Lipinski definition) is 0. The van der Waals surface area contributed by atoms with E-state index in [4.69, 9.17) is 4.74 Å². The molecule has 24 heavy (non-hydrogen) atoms. The summed E-state index contributed by atoms with van der Waals surface area (Å²) in [6.07, 6.45) is 1.80. The molecular weight excluding hydrogens is 308 g/mol. The molecule has 0 spiro atoms. The van der Waals surface area contributed by atoms with Crippen LogP contribution in [0.4, 0.5) is 11.8 Å². The first-order valence-electron chi connectivity index (χ1n) is 8.46. The van der Waals surface area contributed by atoms with Crippen LogP contribution in [0, 0.1) is 0 Å². The normalized spacial score (nSPS) is 19.4. The van der Waals surface area contributed by atoms with Gasteiger partial charge in [-0.2, -0.15) is 4.98 Å². The number of anilines is 2. The molecule has 3 heterocycles. The second-order valence-electron chi connectivity index (χ2n) is 6.37. The van der Waals surface area contributed by atoms with E-state index in [2.05, 4.69) is 19.8 Å². The fourth-order valence-electron chi connectivity index (χ4n) is 2.95. The van der Waals surface area contributed by atoms with Gasteiger partial charge in [-0.1, -0.05) is 0 Å². The Hall–Kier alpha value is -1.93. The average molecular weight is 334 g/mol. The molecule has 0 bridgehead atoms. The molecule has 1 amide bonds. The van der Waals surface area contributed by atoms with Crippen LogP contribution < -0.4 is 9.80 Å². The van der Waals surface area contributed by atoms with Gasteiger partial charge >= 0.3 is 0 Å². The first kappa shape index (κ1) is 16.9. The van der Waals surface area contributed by atoms with E-state index in [1.165, 1.54) is 0 Å². The quantitative estimate of drug-likeness (QED) is 0.737. The van der Waals surface area contributed by atoms with Crippen LogP contribution >= 0.6 is 0 Å². The maximum atomic E-state index is 12.3. The number of morpholine rings is 1. The Morgan fingerprint density at radius 1 is 1.17 bits per heavy atom. The molecule has 0 unspecified atom stereocenters. The summed E-state index contributed by atoms with van der Waals surface area (Å²) in [6, 6.07) is 1.90. The molecule has 8 nitrogen and oxygen atoms in total. The highest BCUT2D eigenvalue weighted by molar-refractivity contribution is 5.78. The van der Waals surface area contributed by atoms with Gasteiger partial charge in [0.15, 0.2) is 0 Å². The third kappa shape index (κ3) is 4.12. The highest BCUT2D eigenvalue weighted by atomic mass is 16.5. The molecule has 8 heteroatoms. The van der Waals surface area contributed by atoms with Gasteiger partial charge in [0.1, 0.15) is 5.82 Å². The molecular formula is C16H26N6O2. The molecule has 0 radical (unpaired) electrons. The minimum absolute atomic E-state index is 0.206. The fourth-order valence-corrected chi connectivity index (χ4v) is 2.95. The van der Waals surface area contributed by atoms with Crippen LogP contribution in [0.3, 0.4) is 0 Å². The smallest absolute Gasteiger partial charge is 0.236 e. The van der Waals surface area contributed by atoms with E-state index in [9.17, 15) is 4.79 Å². The third-order valence-corrected chi connectivity index (χ3v) is 4.46. The number of nitrogens with zero attached hydrogens (tertiary/aromatic N) is 6. The van der Waals surface area contributed by atoms with E-state index in [-0.39, 0.29) is 5.91 Å². The average Bonchev–Trinajstić information content (AvgIpc) is 2.63. The summed E-state index contributed by atoms with van der Waals surface area (Å²) in [5.41, 5.74) is 0. The molecule has 3 rings (SSSR count). The highest BCUT2D eigenvalue weighted by Gasteiger charge is 2.24. The van der Waals surface area contributed by atoms with Gasteiger partial charge in [-0.05, 0) is 6.07 Å². The van der Waals surface area contributed by atoms with Crippen LogP contribution in [0.2, 0.25) is 0 Å². The topological polar surface area (TPSA) is 65.0 Å². The van der Waals surface area contributed by atoms with E-state index in [1.54, 1.807) is 6.20 Å². The van der Waals surface area contributed by atoms with Crippen molar-refractivity contribution in [1.29, 1.82) is 0 Å². The maximum Gasteiger partial charge on any atom is 0.236 e. The van der Waals surface area contributed by atoms with Crippen LogP contribution in [-0.2, 0) is 9.53 Å². The summed E-state index contributed by atoms with van der Waals surface area (Å²) in [7, 11) is 3.95. The molecule has 2 fully saturated rings. The predicted molar refractivity (Wildman–Crippen MR) is 92.4 cm³/mol. The highest BCUT2D eigenvalue weighted by Crippen LogP contribution is 2.15. The number of ether oxygens (including phenoxy) is 1. The van der Waals surface area contributed by atoms with Crippen LogP contribution in [0.1, 0.15) is 0 Å². The van der Waals surface area contributed by atoms with Gasteiger partial charge in [-0.3, -0.25) is 9.69 Å². The number of carbonyl (C=O) groups excluding carboxylic acids is 1. The first-order valence-corrected chi connectivity index (χ1v) is 8.46. The summed E-state index contributed by atoms with van der Waals surface area (Å²) in [5, 5.41) is 0. The second kappa shape index (κ2) is 7.76. The first-order chi connectivity index (χ1) is 11.6. The predicted octanol–water partition coefficient (Wildman–Crippen LogP) is -0.477. The lowest BCUT2D eigenvalue weighted by Gasteiger charge is -2.36. The Kier molecular flexibility index (Phi) is 5.47. The van der Waals surface area contributed by atoms with Crippen molar-refractivity contribution in [1.82, 2.24) is 19.8 Å². The summed E-state index contributed by atoms with van der Waals surface area (Å²) >= 11 is 0. The molecule has 0 aromatic carbocycles. The van der Waals surface area contributed by atoms with Gasteiger partial charge in [0.05, 0.1) is 19.8 Å². The summed E-state index contributed by atoms with van der Waals surface area (Å²) < 4.78 is 5.30. The zero-order valence-electron chi connectivity index (χ0n) is 14.5. The minimum atomic E-state index is 0.206. The molecule has 132 valence electrons. The van der Waals surface area contributed by atoms with Crippen molar-refractivity contribution in [2.24, 2.45) is 0 Å². The van der Waals surface area contributed by atoms with Crippen LogP contribution in [0.15, 0.2) is 12.3 Å². The summed E-state index contributed by atoms with van der Waals surface area (Å²) in [6.45, 7) is 6.61. The Balaban J connectivity index is 1.50. The molecule has 2 saturated heterocycles. The van der Waals surface area contributed by atoms with Crippen molar-refractivity contribution in [3.8, 4) is 0 Å². The Morgan fingerprint density at radius 3 is 2.54 bits per heavy atom. The maximum absolute atomic E-state index is 12.3. The molecule has 0 saturated carbocycles. The van der Waals surface area contributed by atoms with Gasteiger partial charge in [0.2, 0.25) is 11.9 Å². The number of aromatic nitrogens is 2. The Morgan fingerprint density at radius 2 is 1.88 bits per heavy atom. The molecule has 2 aliphatic rings. The molecule has 1 aromatic heterocycles. The van der Waals surface area contributed by atoms with Crippen molar-refractivity contribution < 1.29 is 9.53 Å². The van der Waals surface area contributed by atoms with Crippen LogP contribution in [-0.4, -0.2) is 98.8 Å². The number of hydrogen-bond acceptors (Lipinski definition) is 7. The van der Waals surface area contributed by atoms with Crippen molar-refractivity contribution in [3.63, 3.8) is 0 Å². The number of amides is 1. The lowest BCUT2D eigenvalue weighted by molar-refractivity contribution is -0.136. The second-order valence-corrected chi connectivity index (χ2v) is 6.37. The van der Waals surface area contributed by atoms with Crippen LogP contribution in [0.5, 0.6) is 0 Å². The van der Waals surface area contributed by atoms with E-state index in [0.717, 1.165) is 37.9 Å². The standard InChI is InChI=1S/C16H26N6O2/c1-19(2)14-3-4-17-16(18-14)22-7-5-20(6-8-22)13-15(23)21-9-11-24-12-10-21/h3-4H,5-13H2,1-2H3. The van der Waals surface area contributed by atoms with Gasteiger partial charge < -0.3 is 19.4 Å². The van der Waals surface area contributed by atoms with E-state index >= 15 is 0 Å². The van der Waals surface area contributed by atoms with E-state index < -0.39 is 0 Å². The monoisotopic (exact) mass is 334 g/mol. The van der Waals surface area contributed by atoms with Crippen LogP contribution in [0.25, 0.3) is 0 Å². The number of piperazine rings is 1. The SMILES string of the molecule is CN(C)c1ccnc(N2CCN(CC(=O)N3CCOCC3)CC2)n1. The largest absolute Gasteiger partial charge is 0.378 e. The molecule has 2 aliphatic heterocycles. The van der Waals surface area contributed by atoms with Crippen molar-refractivity contribution >= 4 is 17.7 Å². The Labute approximate surface area is 143 Å². The van der Waals surface area contributed by atoms with E-state index in [1.807, 2.05) is 30.0 Å². The van der Waals surface area contributed by atoms with Gasteiger partial charge in [0, 0.05) is 59.6 Å². The number of rotatable bonds is 4. The molecule has 0 aliphatic carbocycles.